The summed E-state index contributed by atoms with van der Waals surface area (Å²) in [5.74, 6) is 0.972. The molecule has 6 heteroatoms. The van der Waals surface area contributed by atoms with Crippen LogP contribution in [0.3, 0.4) is 0 Å². The lowest BCUT2D eigenvalue weighted by molar-refractivity contribution is 0.102. The van der Waals surface area contributed by atoms with Gasteiger partial charge in [-0.05, 0) is 47.8 Å². The van der Waals surface area contributed by atoms with E-state index in [4.69, 9.17) is 21.1 Å². The van der Waals surface area contributed by atoms with E-state index in [9.17, 15) is 4.79 Å². The summed E-state index contributed by atoms with van der Waals surface area (Å²) in [6.45, 7) is 0.483. The highest BCUT2D eigenvalue weighted by atomic mass is 35.5. The summed E-state index contributed by atoms with van der Waals surface area (Å²) >= 11 is 7.71. The van der Waals surface area contributed by atoms with Crippen molar-refractivity contribution >= 4 is 34.5 Å². The molecular formula is C19H16ClNO3S. The lowest BCUT2D eigenvalue weighted by Crippen LogP contribution is -2.12. The Morgan fingerprint density at radius 2 is 2.04 bits per heavy atom. The zero-order valence-electron chi connectivity index (χ0n) is 13.5. The molecule has 128 valence electrons. The third kappa shape index (κ3) is 4.53. The highest BCUT2D eigenvalue weighted by molar-refractivity contribution is 7.09. The maximum absolute atomic E-state index is 12.4. The number of thiophene rings is 1. The zero-order valence-corrected chi connectivity index (χ0v) is 15.1. The molecule has 0 unspecified atom stereocenters. The molecule has 0 aliphatic carbocycles. The summed E-state index contributed by atoms with van der Waals surface area (Å²) in [6.07, 6.45) is 0. The van der Waals surface area contributed by atoms with Crippen molar-refractivity contribution in [2.75, 3.05) is 12.4 Å². The third-order valence-corrected chi connectivity index (χ3v) is 4.61. The first-order chi connectivity index (χ1) is 12.2. The molecule has 25 heavy (non-hydrogen) atoms. The van der Waals surface area contributed by atoms with Crippen molar-refractivity contribution in [3.63, 3.8) is 0 Å². The van der Waals surface area contributed by atoms with Crippen LogP contribution in [0, 0.1) is 0 Å². The normalized spacial score (nSPS) is 10.3. The third-order valence-electron chi connectivity index (χ3n) is 3.47. The van der Waals surface area contributed by atoms with Gasteiger partial charge in [0.1, 0.15) is 18.1 Å². The molecule has 1 N–H and O–H groups in total. The van der Waals surface area contributed by atoms with Crippen LogP contribution in [0.15, 0.2) is 60.0 Å². The second-order valence-corrected chi connectivity index (χ2v) is 6.64. The van der Waals surface area contributed by atoms with E-state index in [0.29, 0.717) is 34.4 Å². The first-order valence-electron chi connectivity index (χ1n) is 7.56. The van der Waals surface area contributed by atoms with Gasteiger partial charge < -0.3 is 14.8 Å². The number of benzene rings is 2. The van der Waals surface area contributed by atoms with Gasteiger partial charge in [-0.25, -0.2) is 0 Å². The Balaban J connectivity index is 1.67. The number of methoxy groups -OCH3 is 1. The molecule has 0 spiro atoms. The lowest BCUT2D eigenvalue weighted by Gasteiger charge is -2.09. The minimum absolute atomic E-state index is 0.234. The van der Waals surface area contributed by atoms with Gasteiger partial charge in [0.25, 0.3) is 5.91 Å². The van der Waals surface area contributed by atoms with Crippen LogP contribution in [-0.2, 0) is 6.61 Å². The minimum atomic E-state index is -0.234. The van der Waals surface area contributed by atoms with Crippen molar-refractivity contribution in [1.82, 2.24) is 0 Å². The molecule has 1 amide bonds. The van der Waals surface area contributed by atoms with Crippen LogP contribution in [0.1, 0.15) is 15.2 Å². The van der Waals surface area contributed by atoms with Gasteiger partial charge in [0, 0.05) is 16.1 Å². The Labute approximate surface area is 155 Å². The van der Waals surface area contributed by atoms with Gasteiger partial charge in [0.05, 0.1) is 12.1 Å². The molecule has 0 atom stereocenters. The van der Waals surface area contributed by atoms with Crippen LogP contribution < -0.4 is 14.8 Å². The average Bonchev–Trinajstić information content (AvgIpc) is 3.14. The maximum atomic E-state index is 12.4. The monoisotopic (exact) mass is 373 g/mol. The van der Waals surface area contributed by atoms with Crippen LogP contribution in [0.5, 0.6) is 11.5 Å². The summed E-state index contributed by atoms with van der Waals surface area (Å²) in [4.78, 5) is 13.6. The molecule has 1 aromatic heterocycles. The SMILES string of the molecule is COc1ccc(NC(=O)c2cccc(OCc3cccs3)c2)cc1Cl. The lowest BCUT2D eigenvalue weighted by atomic mass is 10.2. The fraction of sp³-hybridized carbons (Fsp3) is 0.105. The minimum Gasteiger partial charge on any atom is -0.495 e. The second-order valence-electron chi connectivity index (χ2n) is 5.20. The second kappa shape index (κ2) is 8.05. The largest absolute Gasteiger partial charge is 0.495 e. The van der Waals surface area contributed by atoms with Crippen LogP contribution in [0.2, 0.25) is 5.02 Å². The molecule has 3 rings (SSSR count). The molecule has 4 nitrogen and oxygen atoms in total. The topological polar surface area (TPSA) is 47.6 Å². The summed E-state index contributed by atoms with van der Waals surface area (Å²) in [5, 5.41) is 5.26. The molecule has 0 aliphatic rings. The molecule has 0 radical (unpaired) electrons. The van der Waals surface area contributed by atoms with Crippen molar-refractivity contribution in [3.05, 3.63) is 75.4 Å². The first-order valence-corrected chi connectivity index (χ1v) is 8.81. The van der Waals surface area contributed by atoms with Gasteiger partial charge in [-0.2, -0.15) is 0 Å². The van der Waals surface area contributed by atoms with Gasteiger partial charge in [-0.15, -0.1) is 11.3 Å². The Morgan fingerprint density at radius 1 is 1.16 bits per heavy atom. The van der Waals surface area contributed by atoms with E-state index in [1.165, 1.54) is 0 Å². The van der Waals surface area contributed by atoms with Gasteiger partial charge in [0.15, 0.2) is 0 Å². The van der Waals surface area contributed by atoms with Gasteiger partial charge in [0.2, 0.25) is 0 Å². The zero-order chi connectivity index (χ0) is 17.6. The van der Waals surface area contributed by atoms with Crippen molar-refractivity contribution in [1.29, 1.82) is 0 Å². The predicted octanol–water partition coefficient (Wildman–Crippen LogP) is 5.24. The van der Waals surface area contributed by atoms with E-state index in [0.717, 1.165) is 4.88 Å². The van der Waals surface area contributed by atoms with E-state index in [1.54, 1.807) is 54.8 Å². The van der Waals surface area contributed by atoms with Crippen LogP contribution in [0.4, 0.5) is 5.69 Å². The number of rotatable bonds is 6. The van der Waals surface area contributed by atoms with E-state index in [2.05, 4.69) is 5.32 Å². The van der Waals surface area contributed by atoms with Crippen molar-refractivity contribution in [3.8, 4) is 11.5 Å². The van der Waals surface area contributed by atoms with Crippen LogP contribution >= 0.6 is 22.9 Å². The van der Waals surface area contributed by atoms with E-state index >= 15 is 0 Å². The summed E-state index contributed by atoms with van der Waals surface area (Å²) < 4.78 is 10.8. The number of ether oxygens (including phenoxy) is 2. The van der Waals surface area contributed by atoms with Crippen LogP contribution in [0.25, 0.3) is 0 Å². The Bertz CT molecular complexity index is 865. The smallest absolute Gasteiger partial charge is 0.255 e. The molecule has 0 fully saturated rings. The van der Waals surface area contributed by atoms with E-state index in [1.807, 2.05) is 23.6 Å². The van der Waals surface area contributed by atoms with Crippen molar-refractivity contribution in [2.45, 2.75) is 6.61 Å². The van der Waals surface area contributed by atoms with E-state index < -0.39 is 0 Å². The Morgan fingerprint density at radius 3 is 2.76 bits per heavy atom. The fourth-order valence-electron chi connectivity index (χ4n) is 2.22. The Kier molecular flexibility index (Phi) is 5.58. The number of halogens is 1. The molecule has 2 aromatic carbocycles. The maximum Gasteiger partial charge on any atom is 0.255 e. The van der Waals surface area contributed by atoms with Crippen molar-refractivity contribution in [2.24, 2.45) is 0 Å². The summed E-state index contributed by atoms with van der Waals surface area (Å²) in [6, 6.07) is 16.1. The van der Waals surface area contributed by atoms with Crippen LogP contribution in [-0.4, -0.2) is 13.0 Å². The molecule has 0 aliphatic heterocycles. The summed E-state index contributed by atoms with van der Waals surface area (Å²) in [7, 11) is 1.54. The number of nitrogens with one attached hydrogen (secondary N) is 1. The number of carbonyl (C=O) groups is 1. The highest BCUT2D eigenvalue weighted by Crippen LogP contribution is 2.27. The number of hydrogen-bond donors (Lipinski definition) is 1. The highest BCUT2D eigenvalue weighted by Gasteiger charge is 2.09. The van der Waals surface area contributed by atoms with Crippen molar-refractivity contribution < 1.29 is 14.3 Å². The summed E-state index contributed by atoms with van der Waals surface area (Å²) in [5.41, 5.74) is 1.11. The number of carbonyl (C=O) groups excluding carboxylic acids is 1. The van der Waals surface area contributed by atoms with Gasteiger partial charge >= 0.3 is 0 Å². The average molecular weight is 374 g/mol. The molecule has 1 heterocycles. The first kappa shape index (κ1) is 17.3. The predicted molar refractivity (Wildman–Crippen MR) is 101 cm³/mol. The number of hydrogen-bond acceptors (Lipinski definition) is 4. The standard InChI is InChI=1S/C19H16ClNO3S/c1-23-18-8-7-14(11-17(18)20)21-19(22)13-4-2-5-15(10-13)24-12-16-6-3-9-25-16/h2-11H,12H2,1H3,(H,21,22). The fourth-order valence-corrected chi connectivity index (χ4v) is 3.10. The number of amides is 1. The molecular weight excluding hydrogens is 358 g/mol. The molecule has 0 bridgehead atoms. The van der Waals surface area contributed by atoms with Gasteiger partial charge in [-0.1, -0.05) is 23.7 Å². The number of anilines is 1. The van der Waals surface area contributed by atoms with Gasteiger partial charge in [-0.3, -0.25) is 4.79 Å². The molecule has 0 saturated carbocycles. The quantitative estimate of drug-likeness (QED) is 0.642. The molecule has 0 saturated heterocycles. The Hall–Kier alpha value is -2.50. The van der Waals surface area contributed by atoms with E-state index in [-0.39, 0.29) is 5.91 Å². The molecule has 3 aromatic rings.